The van der Waals surface area contributed by atoms with Gasteiger partial charge in [-0.25, -0.2) is 0 Å². The van der Waals surface area contributed by atoms with E-state index in [9.17, 15) is 0 Å². The molecule has 6 aromatic carbocycles. The second-order valence-electron chi connectivity index (χ2n) is 13.5. The molecule has 0 fully saturated rings. The first-order chi connectivity index (χ1) is 21.3. The normalized spacial score (nSPS) is 17.3. The Hall–Kier alpha value is -4.88. The van der Waals surface area contributed by atoms with Crippen molar-refractivity contribution in [1.29, 1.82) is 0 Å². The largest absolute Gasteiger partial charge is 0.309 e. The lowest BCUT2D eigenvalue weighted by Gasteiger charge is -2.28. The molecule has 7 aromatic rings. The monoisotopic (exact) mass is 567 g/mol. The van der Waals surface area contributed by atoms with E-state index in [4.69, 9.17) is 0 Å². The Bertz CT molecular complexity index is 2090. The SMILES string of the molecule is Cc1cccc(C2(C)CC(C)(C)c3cc(-n4c5ccc(-c6ccccc6)cc5c5cc(-c6ccccc6)ccc54)ccc32)c1. The highest BCUT2D eigenvalue weighted by Gasteiger charge is 2.45. The van der Waals surface area contributed by atoms with Gasteiger partial charge in [0.15, 0.2) is 0 Å². The molecule has 0 bridgehead atoms. The zero-order chi connectivity index (χ0) is 30.1. The minimum Gasteiger partial charge on any atom is -0.309 e. The molecule has 0 saturated heterocycles. The Morgan fingerprint density at radius 3 is 1.66 bits per heavy atom. The number of aryl methyl sites for hydroxylation is 1. The van der Waals surface area contributed by atoms with Gasteiger partial charge in [-0.1, -0.05) is 129 Å². The molecule has 0 spiro atoms. The van der Waals surface area contributed by atoms with Crippen LogP contribution in [0.25, 0.3) is 49.7 Å². The van der Waals surface area contributed by atoms with Gasteiger partial charge in [-0.15, -0.1) is 0 Å². The van der Waals surface area contributed by atoms with Crippen LogP contribution in [0.1, 0.15) is 49.4 Å². The minimum atomic E-state index is -0.0145. The summed E-state index contributed by atoms with van der Waals surface area (Å²) in [4.78, 5) is 0. The molecule has 1 heterocycles. The first-order valence-electron chi connectivity index (χ1n) is 15.7. The van der Waals surface area contributed by atoms with E-state index in [1.807, 2.05) is 0 Å². The van der Waals surface area contributed by atoms with E-state index in [0.29, 0.717) is 0 Å². The number of rotatable bonds is 4. The molecular formula is C43H37N. The topological polar surface area (TPSA) is 4.93 Å². The lowest BCUT2D eigenvalue weighted by Crippen LogP contribution is -2.23. The molecule has 1 heteroatoms. The van der Waals surface area contributed by atoms with Crippen molar-refractivity contribution in [2.75, 3.05) is 0 Å². The lowest BCUT2D eigenvalue weighted by atomic mass is 9.75. The van der Waals surface area contributed by atoms with Gasteiger partial charge in [-0.2, -0.15) is 0 Å². The van der Waals surface area contributed by atoms with E-state index in [1.54, 1.807) is 0 Å². The van der Waals surface area contributed by atoms with Gasteiger partial charge >= 0.3 is 0 Å². The summed E-state index contributed by atoms with van der Waals surface area (Å²) in [5.41, 5.74) is 14.4. The number of nitrogens with zero attached hydrogens (tertiary/aromatic N) is 1. The Morgan fingerprint density at radius 1 is 0.500 bits per heavy atom. The maximum atomic E-state index is 2.48. The van der Waals surface area contributed by atoms with Crippen molar-refractivity contribution in [3.63, 3.8) is 0 Å². The van der Waals surface area contributed by atoms with Crippen molar-refractivity contribution in [2.45, 2.75) is 44.9 Å². The molecule has 0 aliphatic heterocycles. The zero-order valence-electron chi connectivity index (χ0n) is 25.9. The van der Waals surface area contributed by atoms with Gasteiger partial charge in [0.25, 0.3) is 0 Å². The third kappa shape index (κ3) is 4.14. The van der Waals surface area contributed by atoms with Crippen molar-refractivity contribution in [2.24, 2.45) is 0 Å². The third-order valence-corrected chi connectivity index (χ3v) is 10.0. The first-order valence-corrected chi connectivity index (χ1v) is 15.7. The highest BCUT2D eigenvalue weighted by atomic mass is 15.0. The van der Waals surface area contributed by atoms with Gasteiger partial charge in [-0.3, -0.25) is 0 Å². The summed E-state index contributed by atoms with van der Waals surface area (Å²) in [5.74, 6) is 0. The predicted molar refractivity (Wildman–Crippen MR) is 187 cm³/mol. The van der Waals surface area contributed by atoms with Crippen LogP contribution in [0.3, 0.4) is 0 Å². The van der Waals surface area contributed by atoms with E-state index in [0.717, 1.165) is 6.42 Å². The fraction of sp³-hybridized carbons (Fsp3) is 0.163. The standard InChI is InChI=1S/C43H37N/c1-29-12-11-17-34(24-29)43(4)28-42(2,3)39-27-35(20-21-38(39)43)44-40-22-18-32(30-13-7-5-8-14-30)25-36(40)37-26-33(19-23-41(37)44)31-15-9-6-10-16-31/h5-27H,28H2,1-4H3. The van der Waals surface area contributed by atoms with Gasteiger partial charge in [0, 0.05) is 21.9 Å². The fourth-order valence-electron chi connectivity index (χ4n) is 7.95. The molecular weight excluding hydrogens is 530 g/mol. The number of hydrogen-bond acceptors (Lipinski definition) is 0. The highest BCUT2D eigenvalue weighted by Crippen LogP contribution is 2.53. The predicted octanol–water partition coefficient (Wildman–Crippen LogP) is 11.4. The fourth-order valence-corrected chi connectivity index (χ4v) is 7.95. The molecule has 0 N–H and O–H groups in total. The summed E-state index contributed by atoms with van der Waals surface area (Å²) >= 11 is 0. The smallest absolute Gasteiger partial charge is 0.0541 e. The number of fused-ring (bicyclic) bond motifs is 4. The Labute approximate surface area is 260 Å². The van der Waals surface area contributed by atoms with Crippen LogP contribution in [0.2, 0.25) is 0 Å². The quantitative estimate of drug-likeness (QED) is 0.199. The lowest BCUT2D eigenvalue weighted by molar-refractivity contribution is 0.425. The van der Waals surface area contributed by atoms with E-state index in [2.05, 4.69) is 172 Å². The van der Waals surface area contributed by atoms with Crippen LogP contribution in [0.5, 0.6) is 0 Å². The van der Waals surface area contributed by atoms with Crippen LogP contribution in [-0.4, -0.2) is 4.57 Å². The van der Waals surface area contributed by atoms with Crippen LogP contribution >= 0.6 is 0 Å². The molecule has 214 valence electrons. The third-order valence-electron chi connectivity index (χ3n) is 10.0. The average Bonchev–Trinajstić information content (AvgIpc) is 3.49. The Kier molecular flexibility index (Phi) is 5.97. The minimum absolute atomic E-state index is 0.0145. The second-order valence-corrected chi connectivity index (χ2v) is 13.5. The van der Waals surface area contributed by atoms with E-state index < -0.39 is 0 Å². The zero-order valence-corrected chi connectivity index (χ0v) is 25.9. The van der Waals surface area contributed by atoms with E-state index >= 15 is 0 Å². The van der Waals surface area contributed by atoms with Crippen molar-refractivity contribution in [3.8, 4) is 27.9 Å². The summed E-state index contributed by atoms with van der Waals surface area (Å²) in [5, 5.41) is 2.56. The van der Waals surface area contributed by atoms with Crippen LogP contribution < -0.4 is 0 Å². The number of benzene rings is 6. The molecule has 0 saturated carbocycles. The van der Waals surface area contributed by atoms with Crippen molar-refractivity contribution >= 4 is 21.8 Å². The van der Waals surface area contributed by atoms with Crippen molar-refractivity contribution in [1.82, 2.24) is 4.57 Å². The molecule has 0 radical (unpaired) electrons. The van der Waals surface area contributed by atoms with Gasteiger partial charge < -0.3 is 4.57 Å². The Morgan fingerprint density at radius 2 is 1.09 bits per heavy atom. The summed E-state index contributed by atoms with van der Waals surface area (Å²) < 4.78 is 2.48. The van der Waals surface area contributed by atoms with Gasteiger partial charge in [0.2, 0.25) is 0 Å². The van der Waals surface area contributed by atoms with Crippen molar-refractivity contribution in [3.05, 3.63) is 162 Å². The highest BCUT2D eigenvalue weighted by molar-refractivity contribution is 6.11. The molecule has 1 aliphatic rings. The van der Waals surface area contributed by atoms with Crippen LogP contribution in [0, 0.1) is 6.92 Å². The van der Waals surface area contributed by atoms with Crippen molar-refractivity contribution < 1.29 is 0 Å². The van der Waals surface area contributed by atoms with Gasteiger partial charge in [0.05, 0.1) is 11.0 Å². The summed E-state index contributed by atoms with van der Waals surface area (Å²) in [6.45, 7) is 9.47. The number of aromatic nitrogens is 1. The average molecular weight is 568 g/mol. The maximum Gasteiger partial charge on any atom is 0.0541 e. The first kappa shape index (κ1) is 26.7. The second kappa shape index (κ2) is 9.82. The molecule has 0 amide bonds. The molecule has 1 aromatic heterocycles. The van der Waals surface area contributed by atoms with Crippen LogP contribution in [-0.2, 0) is 10.8 Å². The number of hydrogen-bond donors (Lipinski definition) is 0. The van der Waals surface area contributed by atoms with Gasteiger partial charge in [0.1, 0.15) is 0 Å². The molecule has 8 rings (SSSR count). The van der Waals surface area contributed by atoms with Crippen LogP contribution in [0.4, 0.5) is 0 Å². The molecule has 1 aliphatic carbocycles. The summed E-state index contributed by atoms with van der Waals surface area (Å²) in [7, 11) is 0. The summed E-state index contributed by atoms with van der Waals surface area (Å²) in [6.07, 6.45) is 1.09. The van der Waals surface area contributed by atoms with Crippen LogP contribution in [0.15, 0.2) is 140 Å². The molecule has 1 atom stereocenters. The van der Waals surface area contributed by atoms with E-state index in [1.165, 1.54) is 72.0 Å². The Balaban J connectivity index is 1.36. The molecule has 1 unspecified atom stereocenters. The van der Waals surface area contributed by atoms with Gasteiger partial charge in [-0.05, 0) is 94.1 Å². The summed E-state index contributed by atoms with van der Waals surface area (Å²) in [6, 6.07) is 51.7. The maximum absolute atomic E-state index is 2.48. The molecule has 44 heavy (non-hydrogen) atoms. The van der Waals surface area contributed by atoms with E-state index in [-0.39, 0.29) is 10.8 Å². The molecule has 1 nitrogen and oxygen atoms in total.